The highest BCUT2D eigenvalue weighted by Crippen LogP contribution is 2.20. The Kier molecular flexibility index (Phi) is 4.63. The second-order valence-electron chi connectivity index (χ2n) is 4.68. The van der Waals surface area contributed by atoms with Crippen LogP contribution in [-0.2, 0) is 4.74 Å². The first-order chi connectivity index (χ1) is 9.20. The zero-order chi connectivity index (χ0) is 13.7. The lowest BCUT2D eigenvalue weighted by Gasteiger charge is -2.15. The van der Waals surface area contributed by atoms with E-state index in [0.29, 0.717) is 17.8 Å². The van der Waals surface area contributed by atoms with Gasteiger partial charge in [-0.3, -0.25) is 4.79 Å². The van der Waals surface area contributed by atoms with Crippen LogP contribution in [0.2, 0.25) is 0 Å². The number of carbonyl (C=O) groups excluding carboxylic acids is 1. The summed E-state index contributed by atoms with van der Waals surface area (Å²) < 4.78 is 5.56. The summed E-state index contributed by atoms with van der Waals surface area (Å²) in [6.07, 6.45) is 2.41. The van der Waals surface area contributed by atoms with Crippen molar-refractivity contribution in [3.05, 3.63) is 23.8 Å². The average molecular weight is 263 g/mol. The Morgan fingerprint density at radius 2 is 2.37 bits per heavy atom. The molecular formula is C14H21N3O2. The minimum Gasteiger partial charge on any atom is -0.399 e. The lowest BCUT2D eigenvalue weighted by Crippen LogP contribution is -2.25. The molecular weight excluding hydrogens is 242 g/mol. The van der Waals surface area contributed by atoms with Gasteiger partial charge in [0.25, 0.3) is 5.91 Å². The molecule has 5 nitrogen and oxygen atoms in total. The van der Waals surface area contributed by atoms with E-state index in [1.165, 1.54) is 0 Å². The summed E-state index contributed by atoms with van der Waals surface area (Å²) in [5, 5.41) is 6.07. The van der Waals surface area contributed by atoms with Gasteiger partial charge >= 0.3 is 0 Å². The molecule has 1 aromatic carbocycles. The van der Waals surface area contributed by atoms with Gasteiger partial charge in [-0.1, -0.05) is 0 Å². The summed E-state index contributed by atoms with van der Waals surface area (Å²) in [6, 6.07) is 5.33. The Bertz CT molecular complexity index is 442. The molecule has 1 saturated heterocycles. The van der Waals surface area contributed by atoms with Gasteiger partial charge in [-0.2, -0.15) is 0 Å². The van der Waals surface area contributed by atoms with Gasteiger partial charge in [0.1, 0.15) is 0 Å². The van der Waals surface area contributed by atoms with Crippen LogP contribution in [0.25, 0.3) is 0 Å². The van der Waals surface area contributed by atoms with Crippen molar-refractivity contribution in [1.29, 1.82) is 0 Å². The summed E-state index contributed by atoms with van der Waals surface area (Å²) in [6.45, 7) is 4.04. The third-order valence-corrected chi connectivity index (χ3v) is 3.17. The Morgan fingerprint density at radius 1 is 1.53 bits per heavy atom. The first-order valence-corrected chi connectivity index (χ1v) is 6.74. The van der Waals surface area contributed by atoms with E-state index in [1.54, 1.807) is 12.1 Å². The van der Waals surface area contributed by atoms with Crippen molar-refractivity contribution >= 4 is 17.3 Å². The SMILES string of the molecule is CCNC(=O)c1cc(N)ccc1NC[C@H]1CCCO1. The number of benzene rings is 1. The molecule has 0 unspecified atom stereocenters. The van der Waals surface area contributed by atoms with Crippen molar-refractivity contribution < 1.29 is 9.53 Å². The van der Waals surface area contributed by atoms with Crippen molar-refractivity contribution in [1.82, 2.24) is 5.32 Å². The number of ether oxygens (including phenoxy) is 1. The van der Waals surface area contributed by atoms with Crippen molar-refractivity contribution in [3.8, 4) is 0 Å². The van der Waals surface area contributed by atoms with Crippen molar-refractivity contribution in [2.24, 2.45) is 0 Å². The lowest BCUT2D eigenvalue weighted by molar-refractivity contribution is 0.0956. The Hall–Kier alpha value is -1.75. The van der Waals surface area contributed by atoms with Gasteiger partial charge in [-0.05, 0) is 38.0 Å². The predicted molar refractivity (Wildman–Crippen MR) is 76.3 cm³/mol. The monoisotopic (exact) mass is 263 g/mol. The molecule has 1 aliphatic rings. The highest BCUT2D eigenvalue weighted by molar-refractivity contribution is 6.00. The topological polar surface area (TPSA) is 76.4 Å². The number of nitrogen functional groups attached to an aromatic ring is 1. The maximum Gasteiger partial charge on any atom is 0.253 e. The molecule has 19 heavy (non-hydrogen) atoms. The van der Waals surface area contributed by atoms with Gasteiger partial charge in [0, 0.05) is 31.1 Å². The summed E-state index contributed by atoms with van der Waals surface area (Å²) in [7, 11) is 0. The number of nitrogens with two attached hydrogens (primary N) is 1. The Labute approximate surface area is 113 Å². The number of hydrogen-bond donors (Lipinski definition) is 3. The number of hydrogen-bond acceptors (Lipinski definition) is 4. The summed E-state index contributed by atoms with van der Waals surface area (Å²) in [4.78, 5) is 12.0. The standard InChI is InChI=1S/C14H21N3O2/c1-2-16-14(18)12-8-10(15)5-6-13(12)17-9-11-4-3-7-19-11/h5-6,8,11,17H,2-4,7,9,15H2,1H3,(H,16,18)/t11-/m1/s1. The van der Waals surface area contributed by atoms with Gasteiger partial charge in [0.05, 0.1) is 11.7 Å². The van der Waals surface area contributed by atoms with Crippen LogP contribution >= 0.6 is 0 Å². The van der Waals surface area contributed by atoms with E-state index in [2.05, 4.69) is 10.6 Å². The largest absolute Gasteiger partial charge is 0.399 e. The third kappa shape index (κ3) is 3.61. The second-order valence-corrected chi connectivity index (χ2v) is 4.68. The molecule has 0 radical (unpaired) electrons. The minimum absolute atomic E-state index is 0.107. The van der Waals surface area contributed by atoms with Crippen LogP contribution in [0.1, 0.15) is 30.1 Å². The van der Waals surface area contributed by atoms with E-state index < -0.39 is 0 Å². The fourth-order valence-electron chi connectivity index (χ4n) is 2.19. The average Bonchev–Trinajstić information content (AvgIpc) is 2.90. The van der Waals surface area contributed by atoms with Crippen molar-refractivity contribution in [2.45, 2.75) is 25.9 Å². The molecule has 5 heteroatoms. The summed E-state index contributed by atoms with van der Waals surface area (Å²) in [5.41, 5.74) is 7.72. The van der Waals surface area contributed by atoms with Crippen LogP contribution in [0, 0.1) is 0 Å². The summed E-state index contributed by atoms with van der Waals surface area (Å²) >= 11 is 0. The first kappa shape index (κ1) is 13.7. The molecule has 1 atom stereocenters. The van der Waals surface area contributed by atoms with Crippen LogP contribution < -0.4 is 16.4 Å². The van der Waals surface area contributed by atoms with Crippen LogP contribution in [0.5, 0.6) is 0 Å². The molecule has 104 valence electrons. The lowest BCUT2D eigenvalue weighted by atomic mass is 10.1. The Morgan fingerprint density at radius 3 is 3.05 bits per heavy atom. The van der Waals surface area contributed by atoms with E-state index in [1.807, 2.05) is 13.0 Å². The number of rotatable bonds is 5. The van der Waals surface area contributed by atoms with Crippen molar-refractivity contribution in [2.75, 3.05) is 30.7 Å². The maximum atomic E-state index is 12.0. The van der Waals surface area contributed by atoms with Gasteiger partial charge < -0.3 is 21.1 Å². The van der Waals surface area contributed by atoms with Crippen LogP contribution in [0.4, 0.5) is 11.4 Å². The molecule has 2 rings (SSSR count). The maximum absolute atomic E-state index is 12.0. The van der Waals surface area contributed by atoms with Gasteiger partial charge in [0.2, 0.25) is 0 Å². The molecule has 1 aliphatic heterocycles. The van der Waals surface area contributed by atoms with Crippen LogP contribution in [0.3, 0.4) is 0 Å². The molecule has 1 fully saturated rings. The molecule has 0 aromatic heterocycles. The van der Waals surface area contributed by atoms with E-state index >= 15 is 0 Å². The van der Waals surface area contributed by atoms with E-state index in [0.717, 1.165) is 31.7 Å². The van der Waals surface area contributed by atoms with Crippen molar-refractivity contribution in [3.63, 3.8) is 0 Å². The van der Waals surface area contributed by atoms with E-state index in [4.69, 9.17) is 10.5 Å². The van der Waals surface area contributed by atoms with E-state index in [-0.39, 0.29) is 12.0 Å². The van der Waals surface area contributed by atoms with Gasteiger partial charge in [0.15, 0.2) is 0 Å². The number of amides is 1. The van der Waals surface area contributed by atoms with Gasteiger partial charge in [-0.15, -0.1) is 0 Å². The number of carbonyl (C=O) groups is 1. The normalized spacial score (nSPS) is 18.3. The first-order valence-electron chi connectivity index (χ1n) is 6.74. The smallest absolute Gasteiger partial charge is 0.253 e. The Balaban J connectivity index is 2.07. The molecule has 0 saturated carbocycles. The second kappa shape index (κ2) is 6.43. The molecule has 0 aliphatic carbocycles. The predicted octanol–water partition coefficient (Wildman–Crippen LogP) is 1.61. The number of anilines is 2. The van der Waals surface area contributed by atoms with E-state index in [9.17, 15) is 4.79 Å². The zero-order valence-corrected chi connectivity index (χ0v) is 11.2. The third-order valence-electron chi connectivity index (χ3n) is 3.17. The zero-order valence-electron chi connectivity index (χ0n) is 11.2. The molecule has 1 amide bonds. The fraction of sp³-hybridized carbons (Fsp3) is 0.500. The van der Waals surface area contributed by atoms with Crippen LogP contribution in [0.15, 0.2) is 18.2 Å². The highest BCUT2D eigenvalue weighted by atomic mass is 16.5. The quantitative estimate of drug-likeness (QED) is 0.705. The molecule has 1 heterocycles. The van der Waals surface area contributed by atoms with Crippen LogP contribution in [-0.4, -0.2) is 31.7 Å². The highest BCUT2D eigenvalue weighted by Gasteiger charge is 2.17. The molecule has 1 aromatic rings. The summed E-state index contributed by atoms with van der Waals surface area (Å²) in [5.74, 6) is -0.107. The molecule has 0 bridgehead atoms. The van der Waals surface area contributed by atoms with Gasteiger partial charge in [-0.25, -0.2) is 0 Å². The fourth-order valence-corrected chi connectivity index (χ4v) is 2.19. The number of nitrogens with one attached hydrogen (secondary N) is 2. The molecule has 0 spiro atoms. The molecule has 4 N–H and O–H groups in total. The minimum atomic E-state index is -0.107.